The number of carbonyl (C=O) groups excluding carboxylic acids is 2. The molecule has 26 heavy (non-hydrogen) atoms. The van der Waals surface area contributed by atoms with Crippen molar-refractivity contribution < 1.29 is 9.59 Å². The Bertz CT molecular complexity index is 631. The summed E-state index contributed by atoms with van der Waals surface area (Å²) < 4.78 is 0. The van der Waals surface area contributed by atoms with Gasteiger partial charge in [-0.2, -0.15) is 0 Å². The van der Waals surface area contributed by atoms with Gasteiger partial charge in [0.25, 0.3) is 0 Å². The van der Waals surface area contributed by atoms with Crippen LogP contribution in [0.3, 0.4) is 0 Å². The summed E-state index contributed by atoms with van der Waals surface area (Å²) in [4.78, 5) is 26.8. The molecule has 1 aliphatic heterocycles. The Morgan fingerprint density at radius 2 is 2.00 bits per heavy atom. The SMILES string of the molecule is O=C(CC1NCCN(Cc2ccccc2Cl)C1=O)NCC1CCCCC1. The molecule has 2 fully saturated rings. The molecule has 6 heteroatoms. The first-order chi connectivity index (χ1) is 12.6. The molecular weight excluding hydrogens is 350 g/mol. The Morgan fingerprint density at radius 3 is 2.77 bits per heavy atom. The summed E-state index contributed by atoms with van der Waals surface area (Å²) in [6, 6.07) is 7.12. The standard InChI is InChI=1S/C20H28ClN3O2/c21-17-9-5-4-8-16(17)14-24-11-10-22-18(20(24)26)12-19(25)23-13-15-6-2-1-3-7-15/h4-5,8-9,15,18,22H,1-3,6-7,10-14H2,(H,23,25). The lowest BCUT2D eigenvalue weighted by Gasteiger charge is -2.33. The average molecular weight is 378 g/mol. The van der Waals surface area contributed by atoms with Crippen LogP contribution in [-0.2, 0) is 16.1 Å². The lowest BCUT2D eigenvalue weighted by Crippen LogP contribution is -2.56. The van der Waals surface area contributed by atoms with E-state index in [-0.39, 0.29) is 18.2 Å². The van der Waals surface area contributed by atoms with Crippen LogP contribution >= 0.6 is 11.6 Å². The first kappa shape index (κ1) is 19.2. The smallest absolute Gasteiger partial charge is 0.240 e. The van der Waals surface area contributed by atoms with Gasteiger partial charge in [0.1, 0.15) is 0 Å². The van der Waals surface area contributed by atoms with Crippen molar-refractivity contribution >= 4 is 23.4 Å². The summed E-state index contributed by atoms with van der Waals surface area (Å²) in [6.45, 7) is 2.55. The summed E-state index contributed by atoms with van der Waals surface area (Å²) in [5.74, 6) is 0.532. The van der Waals surface area contributed by atoms with Crippen LogP contribution in [-0.4, -0.2) is 42.4 Å². The molecule has 0 radical (unpaired) electrons. The van der Waals surface area contributed by atoms with Crippen molar-refractivity contribution in [3.63, 3.8) is 0 Å². The van der Waals surface area contributed by atoms with E-state index in [4.69, 9.17) is 11.6 Å². The molecule has 142 valence electrons. The van der Waals surface area contributed by atoms with Gasteiger partial charge in [-0.25, -0.2) is 0 Å². The largest absolute Gasteiger partial charge is 0.356 e. The van der Waals surface area contributed by atoms with Crippen LogP contribution in [0.1, 0.15) is 44.1 Å². The highest BCUT2D eigenvalue weighted by molar-refractivity contribution is 6.31. The lowest BCUT2D eigenvalue weighted by atomic mass is 9.89. The minimum absolute atomic E-state index is 0.0241. The maximum absolute atomic E-state index is 12.7. The minimum atomic E-state index is -0.447. The number of hydrogen-bond acceptors (Lipinski definition) is 3. The number of benzene rings is 1. The van der Waals surface area contributed by atoms with Gasteiger partial charge in [0.2, 0.25) is 11.8 Å². The zero-order chi connectivity index (χ0) is 18.4. The molecule has 0 bridgehead atoms. The van der Waals surface area contributed by atoms with Crippen LogP contribution in [0.25, 0.3) is 0 Å². The molecule has 1 atom stereocenters. The van der Waals surface area contributed by atoms with Crippen LogP contribution in [0.4, 0.5) is 0 Å². The van der Waals surface area contributed by atoms with Crippen molar-refractivity contribution in [3.05, 3.63) is 34.9 Å². The van der Waals surface area contributed by atoms with Crippen molar-refractivity contribution in [2.24, 2.45) is 5.92 Å². The lowest BCUT2D eigenvalue weighted by molar-refractivity contribution is -0.138. The molecule has 1 aromatic rings. The van der Waals surface area contributed by atoms with Crippen LogP contribution in [0.2, 0.25) is 5.02 Å². The van der Waals surface area contributed by atoms with Crippen LogP contribution in [0.5, 0.6) is 0 Å². The van der Waals surface area contributed by atoms with E-state index >= 15 is 0 Å². The summed E-state index contributed by atoms with van der Waals surface area (Å²) in [7, 11) is 0. The van der Waals surface area contributed by atoms with Crippen LogP contribution < -0.4 is 10.6 Å². The molecule has 1 saturated carbocycles. The monoisotopic (exact) mass is 377 g/mol. The van der Waals surface area contributed by atoms with Crippen LogP contribution in [0, 0.1) is 5.92 Å². The van der Waals surface area contributed by atoms with Gasteiger partial charge in [-0.1, -0.05) is 49.1 Å². The molecule has 3 rings (SSSR count). The summed E-state index contributed by atoms with van der Waals surface area (Å²) >= 11 is 6.21. The molecule has 0 spiro atoms. The summed E-state index contributed by atoms with van der Waals surface area (Å²) in [5.41, 5.74) is 0.935. The predicted octanol–water partition coefficient (Wildman–Crippen LogP) is 2.73. The van der Waals surface area contributed by atoms with Gasteiger partial charge in [-0.05, 0) is 30.4 Å². The van der Waals surface area contributed by atoms with Crippen molar-refractivity contribution in [2.75, 3.05) is 19.6 Å². The Balaban J connectivity index is 1.49. The second-order valence-electron chi connectivity index (χ2n) is 7.37. The third-order valence-electron chi connectivity index (χ3n) is 5.40. The van der Waals surface area contributed by atoms with Gasteiger partial charge in [0.15, 0.2) is 0 Å². The molecule has 2 N–H and O–H groups in total. The Labute approximate surface area is 160 Å². The Kier molecular flexibility index (Phi) is 6.92. The van der Waals surface area contributed by atoms with Crippen molar-refractivity contribution in [1.29, 1.82) is 0 Å². The van der Waals surface area contributed by atoms with E-state index in [1.54, 1.807) is 4.90 Å². The number of hydrogen-bond donors (Lipinski definition) is 2. The maximum Gasteiger partial charge on any atom is 0.240 e. The zero-order valence-electron chi connectivity index (χ0n) is 15.2. The number of nitrogens with one attached hydrogen (secondary N) is 2. The molecule has 0 aromatic heterocycles. The van der Waals surface area contributed by atoms with E-state index in [0.29, 0.717) is 30.6 Å². The molecular formula is C20H28ClN3O2. The normalized spacial score (nSPS) is 21.7. The number of piperazine rings is 1. The maximum atomic E-state index is 12.7. The first-order valence-corrected chi connectivity index (χ1v) is 10.0. The van der Waals surface area contributed by atoms with Crippen molar-refractivity contribution in [3.8, 4) is 0 Å². The number of halogens is 1. The van der Waals surface area contributed by atoms with E-state index < -0.39 is 6.04 Å². The molecule has 1 heterocycles. The fraction of sp³-hybridized carbons (Fsp3) is 0.600. The van der Waals surface area contributed by atoms with Gasteiger partial charge in [0.05, 0.1) is 12.5 Å². The number of nitrogens with zero attached hydrogens (tertiary/aromatic N) is 1. The third kappa shape index (κ3) is 5.21. The third-order valence-corrected chi connectivity index (χ3v) is 5.77. The topological polar surface area (TPSA) is 61.4 Å². The van der Waals surface area contributed by atoms with E-state index in [1.165, 1.54) is 32.1 Å². The average Bonchev–Trinajstić information content (AvgIpc) is 2.66. The molecule has 5 nitrogen and oxygen atoms in total. The quantitative estimate of drug-likeness (QED) is 0.801. The van der Waals surface area contributed by atoms with E-state index in [0.717, 1.165) is 12.1 Å². The second-order valence-corrected chi connectivity index (χ2v) is 7.78. The highest BCUT2D eigenvalue weighted by atomic mass is 35.5. The number of carbonyl (C=O) groups is 2. The van der Waals surface area contributed by atoms with Crippen molar-refractivity contribution in [2.45, 2.75) is 51.1 Å². The highest BCUT2D eigenvalue weighted by Gasteiger charge is 2.30. The van der Waals surface area contributed by atoms with E-state index in [9.17, 15) is 9.59 Å². The first-order valence-electron chi connectivity index (χ1n) is 9.66. The summed E-state index contributed by atoms with van der Waals surface area (Å²) in [6.07, 6.45) is 6.44. The number of rotatable bonds is 6. The van der Waals surface area contributed by atoms with Gasteiger partial charge < -0.3 is 15.5 Å². The van der Waals surface area contributed by atoms with E-state index in [1.807, 2.05) is 24.3 Å². The van der Waals surface area contributed by atoms with Gasteiger partial charge in [-0.3, -0.25) is 9.59 Å². The van der Waals surface area contributed by atoms with Crippen molar-refractivity contribution in [1.82, 2.24) is 15.5 Å². The highest BCUT2D eigenvalue weighted by Crippen LogP contribution is 2.23. The Morgan fingerprint density at radius 1 is 1.23 bits per heavy atom. The van der Waals surface area contributed by atoms with Gasteiger partial charge >= 0.3 is 0 Å². The molecule has 1 aromatic carbocycles. The molecule has 2 amide bonds. The van der Waals surface area contributed by atoms with Gasteiger partial charge in [0, 0.05) is 31.2 Å². The fourth-order valence-electron chi connectivity index (χ4n) is 3.85. The second kappa shape index (κ2) is 9.38. The Hall–Kier alpha value is -1.59. The van der Waals surface area contributed by atoms with Crippen LogP contribution in [0.15, 0.2) is 24.3 Å². The molecule has 1 aliphatic carbocycles. The molecule has 1 saturated heterocycles. The molecule has 1 unspecified atom stereocenters. The fourth-order valence-corrected chi connectivity index (χ4v) is 4.04. The minimum Gasteiger partial charge on any atom is -0.356 e. The predicted molar refractivity (Wildman–Crippen MR) is 103 cm³/mol. The number of amides is 2. The zero-order valence-corrected chi connectivity index (χ0v) is 15.9. The van der Waals surface area contributed by atoms with Gasteiger partial charge in [-0.15, -0.1) is 0 Å². The van der Waals surface area contributed by atoms with E-state index in [2.05, 4.69) is 10.6 Å². The molecule has 2 aliphatic rings. The summed E-state index contributed by atoms with van der Waals surface area (Å²) in [5, 5.41) is 6.87.